The highest BCUT2D eigenvalue weighted by atomic mass is 79.9. The standard InChI is InChI=1S/C14H13BrFN3O/c1-3-13-10(6-8(2)18-19-13)14(20)17-9-4-5-12(16)11(15)7-9/h4-7H,3H2,1-2H3,(H,17,20). The molecule has 4 nitrogen and oxygen atoms in total. The summed E-state index contributed by atoms with van der Waals surface area (Å²) in [7, 11) is 0. The Labute approximate surface area is 124 Å². The molecule has 20 heavy (non-hydrogen) atoms. The number of hydrogen-bond acceptors (Lipinski definition) is 3. The van der Waals surface area contributed by atoms with Crippen LogP contribution in [-0.4, -0.2) is 16.1 Å². The van der Waals surface area contributed by atoms with E-state index in [0.717, 1.165) is 0 Å². The summed E-state index contributed by atoms with van der Waals surface area (Å²) in [6.45, 7) is 3.68. The summed E-state index contributed by atoms with van der Waals surface area (Å²) in [6.07, 6.45) is 0.614. The van der Waals surface area contributed by atoms with Crippen LogP contribution in [0, 0.1) is 12.7 Å². The average molecular weight is 338 g/mol. The number of rotatable bonds is 3. The zero-order chi connectivity index (χ0) is 14.7. The van der Waals surface area contributed by atoms with E-state index in [9.17, 15) is 9.18 Å². The molecule has 104 valence electrons. The highest BCUT2D eigenvalue weighted by Crippen LogP contribution is 2.21. The summed E-state index contributed by atoms with van der Waals surface area (Å²) in [5.41, 5.74) is 2.31. The maximum atomic E-state index is 13.2. The van der Waals surface area contributed by atoms with Crippen LogP contribution < -0.4 is 5.32 Å². The Bertz CT molecular complexity index is 661. The molecule has 0 radical (unpaired) electrons. The lowest BCUT2D eigenvalue weighted by atomic mass is 10.1. The Kier molecular flexibility index (Phi) is 4.44. The first kappa shape index (κ1) is 14.6. The largest absolute Gasteiger partial charge is 0.322 e. The molecule has 0 aliphatic heterocycles. The molecule has 1 aromatic heterocycles. The number of nitrogens with one attached hydrogen (secondary N) is 1. The van der Waals surface area contributed by atoms with Gasteiger partial charge < -0.3 is 5.32 Å². The summed E-state index contributed by atoms with van der Waals surface area (Å²) in [6, 6.07) is 6.00. The molecule has 0 bridgehead atoms. The monoisotopic (exact) mass is 337 g/mol. The fraction of sp³-hybridized carbons (Fsp3) is 0.214. The molecular formula is C14H13BrFN3O. The molecule has 0 saturated heterocycles. The maximum absolute atomic E-state index is 13.2. The van der Waals surface area contributed by atoms with Gasteiger partial charge in [-0.3, -0.25) is 4.79 Å². The Hall–Kier alpha value is -1.82. The van der Waals surface area contributed by atoms with Crippen molar-refractivity contribution >= 4 is 27.5 Å². The van der Waals surface area contributed by atoms with Crippen molar-refractivity contribution in [3.8, 4) is 0 Å². The van der Waals surface area contributed by atoms with Crippen molar-refractivity contribution in [1.29, 1.82) is 0 Å². The number of carbonyl (C=O) groups excluding carboxylic acids is 1. The van der Waals surface area contributed by atoms with Gasteiger partial charge in [0.1, 0.15) is 5.82 Å². The molecule has 2 rings (SSSR count). The summed E-state index contributed by atoms with van der Waals surface area (Å²) < 4.78 is 13.5. The van der Waals surface area contributed by atoms with E-state index >= 15 is 0 Å². The zero-order valence-corrected chi connectivity index (χ0v) is 12.7. The molecule has 6 heteroatoms. The summed E-state index contributed by atoms with van der Waals surface area (Å²) >= 11 is 3.08. The van der Waals surface area contributed by atoms with Gasteiger partial charge in [-0.2, -0.15) is 10.2 Å². The van der Waals surface area contributed by atoms with Crippen molar-refractivity contribution in [1.82, 2.24) is 10.2 Å². The smallest absolute Gasteiger partial charge is 0.257 e. The quantitative estimate of drug-likeness (QED) is 0.932. The second-order valence-corrected chi connectivity index (χ2v) is 5.14. The fourth-order valence-corrected chi connectivity index (χ4v) is 2.12. The van der Waals surface area contributed by atoms with Gasteiger partial charge in [-0.25, -0.2) is 4.39 Å². The van der Waals surface area contributed by atoms with Crippen LogP contribution in [0.3, 0.4) is 0 Å². The second-order valence-electron chi connectivity index (χ2n) is 4.28. The first-order chi connectivity index (χ1) is 9.51. The number of amides is 1. The molecule has 0 fully saturated rings. The number of aryl methyl sites for hydroxylation is 2. The first-order valence-electron chi connectivity index (χ1n) is 6.11. The van der Waals surface area contributed by atoms with E-state index in [2.05, 4.69) is 31.4 Å². The SMILES string of the molecule is CCc1nnc(C)cc1C(=O)Nc1ccc(F)c(Br)c1. The van der Waals surface area contributed by atoms with Gasteiger partial charge in [0.2, 0.25) is 0 Å². The molecule has 1 N–H and O–H groups in total. The van der Waals surface area contributed by atoms with E-state index in [1.54, 1.807) is 13.0 Å². The van der Waals surface area contributed by atoms with Crippen LogP contribution in [-0.2, 0) is 6.42 Å². The van der Waals surface area contributed by atoms with Gasteiger partial charge in [-0.15, -0.1) is 0 Å². The Morgan fingerprint density at radius 1 is 1.35 bits per heavy atom. The van der Waals surface area contributed by atoms with Crippen LogP contribution >= 0.6 is 15.9 Å². The molecule has 1 heterocycles. The van der Waals surface area contributed by atoms with E-state index < -0.39 is 0 Å². The summed E-state index contributed by atoms with van der Waals surface area (Å²) in [4.78, 5) is 12.3. The van der Waals surface area contributed by atoms with Crippen molar-refractivity contribution in [3.05, 3.63) is 51.5 Å². The number of nitrogens with zero attached hydrogens (tertiary/aromatic N) is 2. The lowest BCUT2D eigenvalue weighted by molar-refractivity contribution is 0.102. The number of hydrogen-bond donors (Lipinski definition) is 1. The highest BCUT2D eigenvalue weighted by Gasteiger charge is 2.13. The molecule has 0 saturated carbocycles. The van der Waals surface area contributed by atoms with Gasteiger partial charge >= 0.3 is 0 Å². The highest BCUT2D eigenvalue weighted by molar-refractivity contribution is 9.10. The molecule has 0 aliphatic carbocycles. The van der Waals surface area contributed by atoms with E-state index in [1.807, 2.05) is 6.92 Å². The van der Waals surface area contributed by atoms with Crippen LogP contribution in [0.15, 0.2) is 28.7 Å². The number of halogens is 2. The van der Waals surface area contributed by atoms with Gasteiger partial charge in [0.15, 0.2) is 0 Å². The van der Waals surface area contributed by atoms with E-state index in [-0.39, 0.29) is 11.7 Å². The molecule has 0 atom stereocenters. The predicted octanol–water partition coefficient (Wildman–Crippen LogP) is 3.50. The van der Waals surface area contributed by atoms with Gasteiger partial charge in [-0.1, -0.05) is 6.92 Å². The zero-order valence-electron chi connectivity index (χ0n) is 11.1. The Balaban J connectivity index is 2.27. The molecule has 1 amide bonds. The van der Waals surface area contributed by atoms with Gasteiger partial charge in [0.25, 0.3) is 5.91 Å². The van der Waals surface area contributed by atoms with Crippen LogP contribution in [0.2, 0.25) is 0 Å². The first-order valence-corrected chi connectivity index (χ1v) is 6.90. The third-order valence-electron chi connectivity index (χ3n) is 2.75. The van der Waals surface area contributed by atoms with E-state index in [1.165, 1.54) is 18.2 Å². The maximum Gasteiger partial charge on any atom is 0.257 e. The minimum Gasteiger partial charge on any atom is -0.322 e. The van der Waals surface area contributed by atoms with Gasteiger partial charge in [0, 0.05) is 5.69 Å². The van der Waals surface area contributed by atoms with Gasteiger partial charge in [-0.05, 0) is 53.5 Å². The molecule has 0 unspecified atom stereocenters. The molecule has 2 aromatic rings. The van der Waals surface area contributed by atoms with E-state index in [0.29, 0.717) is 33.5 Å². The van der Waals surface area contributed by atoms with Crippen molar-refractivity contribution in [2.75, 3.05) is 5.32 Å². The minimum absolute atomic E-state index is 0.279. The number of aromatic nitrogens is 2. The molecular weight excluding hydrogens is 325 g/mol. The lowest BCUT2D eigenvalue weighted by Gasteiger charge is -2.09. The van der Waals surface area contributed by atoms with Crippen LogP contribution in [0.25, 0.3) is 0 Å². The number of benzene rings is 1. The minimum atomic E-state index is -0.376. The molecule has 1 aromatic carbocycles. The van der Waals surface area contributed by atoms with Crippen LogP contribution in [0.5, 0.6) is 0 Å². The average Bonchev–Trinajstić information content (AvgIpc) is 2.43. The van der Waals surface area contributed by atoms with Crippen molar-refractivity contribution in [2.24, 2.45) is 0 Å². The summed E-state index contributed by atoms with van der Waals surface area (Å²) in [5.74, 6) is -0.656. The molecule has 0 aliphatic rings. The normalized spacial score (nSPS) is 10.4. The van der Waals surface area contributed by atoms with E-state index in [4.69, 9.17) is 0 Å². The Morgan fingerprint density at radius 2 is 2.10 bits per heavy atom. The summed E-state index contributed by atoms with van der Waals surface area (Å²) in [5, 5.41) is 10.7. The van der Waals surface area contributed by atoms with Crippen LogP contribution in [0.1, 0.15) is 28.7 Å². The third kappa shape index (κ3) is 3.19. The predicted molar refractivity (Wildman–Crippen MR) is 78.2 cm³/mol. The van der Waals surface area contributed by atoms with Crippen LogP contribution in [0.4, 0.5) is 10.1 Å². The Morgan fingerprint density at radius 3 is 2.75 bits per heavy atom. The lowest BCUT2D eigenvalue weighted by Crippen LogP contribution is -2.16. The van der Waals surface area contributed by atoms with Gasteiger partial charge in [0.05, 0.1) is 21.4 Å². The topological polar surface area (TPSA) is 54.9 Å². The molecule has 0 spiro atoms. The van der Waals surface area contributed by atoms with Crippen molar-refractivity contribution in [2.45, 2.75) is 20.3 Å². The third-order valence-corrected chi connectivity index (χ3v) is 3.36. The van der Waals surface area contributed by atoms with Crippen molar-refractivity contribution in [3.63, 3.8) is 0 Å². The second kappa shape index (κ2) is 6.09. The number of anilines is 1. The number of carbonyl (C=O) groups is 1. The van der Waals surface area contributed by atoms with Crippen molar-refractivity contribution < 1.29 is 9.18 Å². The fourth-order valence-electron chi connectivity index (χ4n) is 1.74.